The number of benzene rings is 1. The van der Waals surface area contributed by atoms with Crippen molar-refractivity contribution in [3.63, 3.8) is 0 Å². The molecule has 2 rings (SSSR count). The summed E-state index contributed by atoms with van der Waals surface area (Å²) >= 11 is 0. The molecule has 4 unspecified atom stereocenters. The summed E-state index contributed by atoms with van der Waals surface area (Å²) < 4.78 is 0. The smallest absolute Gasteiger partial charge is 0.253 e. The van der Waals surface area contributed by atoms with E-state index in [1.165, 1.54) is 30.4 Å². The third-order valence-electron chi connectivity index (χ3n) is 6.61. The van der Waals surface area contributed by atoms with Crippen LogP contribution in [-0.2, 0) is 0 Å². The molecule has 6 N–H and O–H groups in total. The Morgan fingerprint density at radius 1 is 1.05 bits per heavy atom. The number of allylic oxidation sites excluding steroid dienone is 5. The Bertz CT molecular complexity index is 1160. The minimum Gasteiger partial charge on any atom is -0.508 e. The Kier molecular flexibility index (Phi) is 16.6. The van der Waals surface area contributed by atoms with Gasteiger partial charge in [0.05, 0.1) is 12.1 Å². The van der Waals surface area contributed by atoms with E-state index in [0.717, 1.165) is 12.8 Å². The Morgan fingerprint density at radius 3 is 2.26 bits per heavy atom. The molecule has 0 heterocycles. The number of nitrogens with two attached hydrogens (primary N) is 1. The summed E-state index contributed by atoms with van der Waals surface area (Å²) in [5.41, 5.74) is 5.71. The van der Waals surface area contributed by atoms with Crippen LogP contribution < -0.4 is 11.1 Å². The van der Waals surface area contributed by atoms with Gasteiger partial charge in [0.25, 0.3) is 11.8 Å². The van der Waals surface area contributed by atoms with Crippen LogP contribution in [0, 0.1) is 18.3 Å². The number of unbranched alkanes of at least 4 members (excludes halogenated alkanes) is 1. The van der Waals surface area contributed by atoms with Gasteiger partial charge < -0.3 is 31.3 Å². The van der Waals surface area contributed by atoms with Crippen molar-refractivity contribution in [2.75, 3.05) is 13.1 Å². The van der Waals surface area contributed by atoms with Crippen molar-refractivity contribution in [2.45, 2.75) is 84.5 Å². The second kappa shape index (κ2) is 19.3. The minimum atomic E-state index is -1.33. The molecular formula is C33H47N3O6. The number of carbonyl (C=O) groups excluding carboxylic acids is 3. The van der Waals surface area contributed by atoms with Crippen molar-refractivity contribution in [3.05, 3.63) is 71.0 Å². The van der Waals surface area contributed by atoms with Crippen LogP contribution in [0.5, 0.6) is 0 Å². The van der Waals surface area contributed by atoms with Gasteiger partial charge in [-0.05, 0) is 68.4 Å². The lowest BCUT2D eigenvalue weighted by Gasteiger charge is -2.29. The highest BCUT2D eigenvalue weighted by atomic mass is 16.3. The average Bonchev–Trinajstić information content (AvgIpc) is 3.20. The molecule has 0 saturated carbocycles. The van der Waals surface area contributed by atoms with E-state index in [4.69, 9.17) is 12.2 Å². The number of terminal acetylenes is 1. The summed E-state index contributed by atoms with van der Waals surface area (Å²) in [6, 6.07) is 3.17. The summed E-state index contributed by atoms with van der Waals surface area (Å²) in [4.78, 5) is 40.5. The van der Waals surface area contributed by atoms with Crippen LogP contribution in [0.15, 0.2) is 54.3 Å². The average molecular weight is 582 g/mol. The molecule has 1 aliphatic carbocycles. The monoisotopic (exact) mass is 581 g/mol. The largest absolute Gasteiger partial charge is 0.508 e. The Labute approximate surface area is 250 Å². The van der Waals surface area contributed by atoms with Crippen molar-refractivity contribution in [3.8, 4) is 12.3 Å². The van der Waals surface area contributed by atoms with E-state index in [2.05, 4.69) is 11.2 Å². The quantitative estimate of drug-likeness (QED) is 0.154. The maximum atomic E-state index is 13.5. The maximum Gasteiger partial charge on any atom is 0.253 e. The fourth-order valence-electron chi connectivity index (χ4n) is 4.54. The van der Waals surface area contributed by atoms with Gasteiger partial charge in [0.1, 0.15) is 11.9 Å². The summed E-state index contributed by atoms with van der Waals surface area (Å²) in [6.07, 6.45) is 13.9. The molecular weight excluding hydrogens is 534 g/mol. The highest BCUT2D eigenvalue weighted by Gasteiger charge is 2.30. The molecule has 0 radical (unpaired) electrons. The molecule has 1 aliphatic rings. The summed E-state index contributed by atoms with van der Waals surface area (Å²) in [5, 5.41) is 34.3. The molecule has 9 nitrogen and oxygen atoms in total. The van der Waals surface area contributed by atoms with Crippen molar-refractivity contribution in [1.29, 1.82) is 0 Å². The Balaban J connectivity index is 0.00000431. The molecule has 42 heavy (non-hydrogen) atoms. The lowest BCUT2D eigenvalue weighted by atomic mass is 9.91. The van der Waals surface area contributed by atoms with E-state index in [9.17, 15) is 29.7 Å². The number of nitrogens with one attached hydrogen (secondary N) is 1. The van der Waals surface area contributed by atoms with E-state index >= 15 is 0 Å². The lowest BCUT2D eigenvalue weighted by molar-refractivity contribution is -0.0107. The highest BCUT2D eigenvalue weighted by molar-refractivity contribution is 6.04. The van der Waals surface area contributed by atoms with Crippen LogP contribution in [0.3, 0.4) is 0 Å². The third-order valence-corrected chi connectivity index (χ3v) is 6.61. The van der Waals surface area contributed by atoms with Gasteiger partial charge in [0.15, 0.2) is 0 Å². The zero-order chi connectivity index (χ0) is 31.7. The van der Waals surface area contributed by atoms with Gasteiger partial charge in [0, 0.05) is 36.2 Å². The number of aliphatic hydroxyl groups is 3. The van der Waals surface area contributed by atoms with E-state index in [1.807, 2.05) is 27.7 Å². The molecule has 4 atom stereocenters. The van der Waals surface area contributed by atoms with Gasteiger partial charge in [-0.15, -0.1) is 12.3 Å². The van der Waals surface area contributed by atoms with Crippen LogP contribution in [0.25, 0.3) is 0 Å². The van der Waals surface area contributed by atoms with Crippen LogP contribution in [0.4, 0.5) is 0 Å². The fraction of sp³-hybridized carbons (Fsp3) is 0.485. The van der Waals surface area contributed by atoms with Crippen molar-refractivity contribution < 1.29 is 29.7 Å². The molecule has 0 fully saturated rings. The molecule has 9 heteroatoms. The topological polar surface area (TPSA) is 153 Å². The molecule has 0 saturated heterocycles. The fourth-order valence-corrected chi connectivity index (χ4v) is 4.54. The first kappa shape index (κ1) is 36.2. The molecule has 1 aromatic rings. The van der Waals surface area contributed by atoms with E-state index in [0.29, 0.717) is 25.9 Å². The lowest BCUT2D eigenvalue weighted by Crippen LogP contribution is -2.49. The highest BCUT2D eigenvalue weighted by Crippen LogP contribution is 2.21. The number of rotatable bonds is 15. The van der Waals surface area contributed by atoms with Crippen LogP contribution in [0.2, 0.25) is 0 Å². The van der Waals surface area contributed by atoms with Crippen molar-refractivity contribution >= 4 is 17.7 Å². The predicted molar refractivity (Wildman–Crippen MR) is 166 cm³/mol. The number of primary amides is 1. The first-order chi connectivity index (χ1) is 20.1. The number of hydrogen-bond donors (Lipinski definition) is 5. The number of carbonyl (C=O) groups is 3. The van der Waals surface area contributed by atoms with E-state index in [1.54, 1.807) is 23.1 Å². The first-order valence-electron chi connectivity index (χ1n) is 14.7. The van der Waals surface area contributed by atoms with Crippen LogP contribution in [0.1, 0.15) is 97.3 Å². The normalized spacial score (nSPS) is 16.0. The third kappa shape index (κ3) is 11.6. The van der Waals surface area contributed by atoms with Gasteiger partial charge in [-0.25, -0.2) is 0 Å². The molecule has 230 valence electrons. The number of aliphatic hydroxyl groups excluding tert-OH is 3. The molecule has 0 spiro atoms. The molecule has 0 aliphatic heterocycles. The van der Waals surface area contributed by atoms with Gasteiger partial charge >= 0.3 is 0 Å². The summed E-state index contributed by atoms with van der Waals surface area (Å²) in [6.45, 7) is 8.95. The van der Waals surface area contributed by atoms with Crippen molar-refractivity contribution in [1.82, 2.24) is 10.2 Å². The number of hydrogen-bond acceptors (Lipinski definition) is 6. The van der Waals surface area contributed by atoms with Gasteiger partial charge in [0.2, 0.25) is 5.91 Å². The van der Waals surface area contributed by atoms with Crippen LogP contribution in [-0.4, -0.2) is 69.3 Å². The van der Waals surface area contributed by atoms with Gasteiger partial charge in [-0.1, -0.05) is 45.9 Å². The molecule has 3 amide bonds. The zero-order valence-corrected chi connectivity index (χ0v) is 25.3. The Morgan fingerprint density at radius 2 is 1.67 bits per heavy atom. The number of amides is 3. The first-order valence-corrected chi connectivity index (χ1v) is 14.7. The standard InChI is InChI=1S/C31H41N3O6.C2H6/c1-4-7-8-12-27(36)28(37)26(17-21-10-9-11-25(35)14-13-21)33-30(39)23-18-22(29(32)38)19-24(20-23)31(40)34(15-5-2)16-6-3;1-2/h1,9-11,13-14,18-21,26-28,35-37H,5-8,12,15-17H2,2-3H3,(H2,32,38)(H,33,39);1-2H3. The van der Waals surface area contributed by atoms with Gasteiger partial charge in [-0.2, -0.15) is 0 Å². The SMILES string of the molecule is C#CCCCC(O)C(O)C(CC1C=CC=C(O)C=C1)NC(=O)c1cc(C(N)=O)cc(C(=O)N(CCC)CCC)c1.CC. The van der Waals surface area contributed by atoms with E-state index < -0.39 is 30.1 Å². The zero-order valence-electron chi connectivity index (χ0n) is 25.3. The minimum absolute atomic E-state index is 0.00606. The van der Waals surface area contributed by atoms with Gasteiger partial charge in [-0.3, -0.25) is 14.4 Å². The predicted octanol–water partition coefficient (Wildman–Crippen LogP) is 4.27. The second-order valence-corrected chi connectivity index (χ2v) is 9.92. The van der Waals surface area contributed by atoms with Crippen molar-refractivity contribution in [2.24, 2.45) is 11.7 Å². The Hall–Kier alpha value is -3.87. The molecule has 0 bridgehead atoms. The number of nitrogens with zero attached hydrogens (tertiary/aromatic N) is 1. The van der Waals surface area contributed by atoms with Crippen LogP contribution >= 0.6 is 0 Å². The second-order valence-electron chi connectivity index (χ2n) is 9.92. The summed E-state index contributed by atoms with van der Waals surface area (Å²) in [7, 11) is 0. The summed E-state index contributed by atoms with van der Waals surface area (Å²) in [5.74, 6) is 0.538. The molecule has 0 aromatic heterocycles. The molecule has 1 aromatic carbocycles. The maximum absolute atomic E-state index is 13.5. The van der Waals surface area contributed by atoms with E-state index in [-0.39, 0.29) is 47.1 Å².